The molecular weight excluding hydrogens is 677 g/mol. The van der Waals surface area contributed by atoms with Gasteiger partial charge < -0.3 is 14.0 Å². The molecule has 0 saturated heterocycles. The third-order valence-corrected chi connectivity index (χ3v) is 12.5. The van der Waals surface area contributed by atoms with E-state index in [0.717, 1.165) is 50.6 Å². The SMILES string of the molecule is Cc1c(Br)sc2sc(C=C3Sc4ccc(-c5ccccc5)cc4N3CCCS(=O)(=O)[O-])[n+](CCCS(=O)(=O)[O-])c12. The van der Waals surface area contributed by atoms with Crippen LogP contribution in [0.2, 0.25) is 0 Å². The number of thiophene rings is 1. The van der Waals surface area contributed by atoms with Gasteiger partial charge >= 0.3 is 0 Å². The smallest absolute Gasteiger partial charge is 0.266 e. The maximum absolute atomic E-state index is 11.3. The summed E-state index contributed by atoms with van der Waals surface area (Å²) in [7, 11) is -8.69. The van der Waals surface area contributed by atoms with E-state index in [4.69, 9.17) is 0 Å². The molecule has 0 bridgehead atoms. The molecule has 5 rings (SSSR count). The van der Waals surface area contributed by atoms with Crippen LogP contribution in [0.1, 0.15) is 23.4 Å². The molecule has 0 aliphatic carbocycles. The molecule has 2 aromatic carbocycles. The fraction of sp³-hybridized carbons (Fsp3) is 0.269. The first kappa shape index (κ1) is 29.7. The second kappa shape index (κ2) is 11.8. The lowest BCUT2D eigenvalue weighted by Gasteiger charge is -2.21. The first-order valence-corrected chi connectivity index (χ1v) is 18.6. The number of hydrogen-bond donors (Lipinski definition) is 0. The number of nitrogens with zero attached hydrogens (tertiary/aromatic N) is 2. The molecule has 3 heterocycles. The highest BCUT2D eigenvalue weighted by molar-refractivity contribution is 9.11. The van der Waals surface area contributed by atoms with Crippen molar-refractivity contribution in [2.75, 3.05) is 23.0 Å². The van der Waals surface area contributed by atoms with Gasteiger partial charge in [-0.25, -0.2) is 16.8 Å². The van der Waals surface area contributed by atoms with Gasteiger partial charge in [0.1, 0.15) is 0 Å². The number of hydrogen-bond acceptors (Lipinski definition) is 10. The average molecular weight is 701 g/mol. The Bertz CT molecular complexity index is 1810. The van der Waals surface area contributed by atoms with E-state index in [1.807, 2.05) is 58.9 Å². The third-order valence-electron chi connectivity index (χ3n) is 6.40. The lowest BCUT2D eigenvalue weighted by molar-refractivity contribution is -0.668. The van der Waals surface area contributed by atoms with Crippen LogP contribution < -0.4 is 9.47 Å². The monoisotopic (exact) mass is 699 g/mol. The van der Waals surface area contributed by atoms with E-state index in [1.165, 1.54) is 0 Å². The topological polar surface area (TPSA) is 122 Å². The first-order chi connectivity index (χ1) is 18.9. The van der Waals surface area contributed by atoms with Crippen molar-refractivity contribution < 1.29 is 30.5 Å². The van der Waals surface area contributed by atoms with Crippen LogP contribution in [0.3, 0.4) is 0 Å². The van der Waals surface area contributed by atoms with Crippen LogP contribution in [-0.4, -0.2) is 44.0 Å². The number of aromatic nitrogens is 1. The molecule has 0 spiro atoms. The minimum Gasteiger partial charge on any atom is -0.748 e. The lowest BCUT2D eigenvalue weighted by Crippen LogP contribution is -2.36. The van der Waals surface area contributed by atoms with E-state index in [2.05, 4.69) is 28.1 Å². The molecule has 8 nitrogen and oxygen atoms in total. The van der Waals surface area contributed by atoms with E-state index in [-0.39, 0.29) is 12.8 Å². The van der Waals surface area contributed by atoms with Gasteiger partial charge in [0, 0.05) is 34.9 Å². The average Bonchev–Trinajstić information content (AvgIpc) is 3.48. The summed E-state index contributed by atoms with van der Waals surface area (Å²) in [5.74, 6) is -0.906. The summed E-state index contributed by atoms with van der Waals surface area (Å²) in [5.41, 5.74) is 5.04. The fourth-order valence-corrected chi connectivity index (χ4v) is 10.2. The van der Waals surface area contributed by atoms with Crippen LogP contribution in [0.4, 0.5) is 5.69 Å². The second-order valence-electron chi connectivity index (χ2n) is 9.24. The zero-order valence-corrected chi connectivity index (χ0v) is 26.9. The quantitative estimate of drug-likeness (QED) is 0.151. The van der Waals surface area contributed by atoms with Gasteiger partial charge in [-0.2, -0.15) is 4.57 Å². The van der Waals surface area contributed by atoms with Crippen LogP contribution >= 0.6 is 50.4 Å². The first-order valence-electron chi connectivity index (χ1n) is 12.2. The highest BCUT2D eigenvalue weighted by Gasteiger charge is 2.30. The highest BCUT2D eigenvalue weighted by Crippen LogP contribution is 2.48. The van der Waals surface area contributed by atoms with Crippen molar-refractivity contribution in [3.05, 3.63) is 67.9 Å². The Morgan fingerprint density at radius 3 is 2.35 bits per heavy atom. The van der Waals surface area contributed by atoms with Gasteiger partial charge in [-0.15, -0.1) is 11.3 Å². The number of aryl methyl sites for hydroxylation is 2. The Kier molecular flexibility index (Phi) is 8.79. The van der Waals surface area contributed by atoms with Gasteiger partial charge in [0.25, 0.3) is 5.01 Å². The largest absolute Gasteiger partial charge is 0.748 e. The summed E-state index contributed by atoms with van der Waals surface area (Å²) in [4.78, 5) is 3.05. The molecule has 14 heteroatoms. The molecule has 0 radical (unpaired) electrons. The molecule has 0 atom stereocenters. The lowest BCUT2D eigenvalue weighted by atomic mass is 10.0. The summed E-state index contributed by atoms with van der Waals surface area (Å²) in [6.45, 7) is 2.69. The highest BCUT2D eigenvalue weighted by atomic mass is 79.9. The van der Waals surface area contributed by atoms with Crippen LogP contribution in [0.15, 0.2) is 62.2 Å². The Hall–Kier alpha value is -1.78. The van der Waals surface area contributed by atoms with Crippen molar-refractivity contribution in [1.29, 1.82) is 0 Å². The van der Waals surface area contributed by atoms with Crippen molar-refractivity contribution in [2.45, 2.75) is 31.2 Å². The number of thiazole rings is 1. The van der Waals surface area contributed by atoms with Crippen LogP contribution in [0.5, 0.6) is 0 Å². The molecule has 212 valence electrons. The minimum atomic E-state index is -4.35. The molecule has 4 aromatic rings. The number of fused-ring (bicyclic) bond motifs is 2. The Morgan fingerprint density at radius 2 is 1.65 bits per heavy atom. The summed E-state index contributed by atoms with van der Waals surface area (Å²) in [6.07, 6.45) is 2.38. The van der Waals surface area contributed by atoms with E-state index in [0.29, 0.717) is 13.1 Å². The van der Waals surface area contributed by atoms with Crippen molar-refractivity contribution in [3.8, 4) is 11.1 Å². The van der Waals surface area contributed by atoms with Gasteiger partial charge in [-0.1, -0.05) is 59.5 Å². The predicted octanol–water partition coefficient (Wildman–Crippen LogP) is 5.77. The fourth-order valence-electron chi connectivity index (χ4n) is 4.58. The number of benzene rings is 2. The summed E-state index contributed by atoms with van der Waals surface area (Å²) >= 11 is 8.33. The number of halogens is 1. The second-order valence-corrected chi connectivity index (χ2v) is 17.0. The van der Waals surface area contributed by atoms with Gasteiger partial charge in [-0.05, 0) is 52.5 Å². The van der Waals surface area contributed by atoms with Gasteiger partial charge in [0.2, 0.25) is 5.52 Å². The van der Waals surface area contributed by atoms with Crippen LogP contribution in [-0.2, 0) is 26.8 Å². The van der Waals surface area contributed by atoms with E-state index >= 15 is 0 Å². The summed E-state index contributed by atoms with van der Waals surface area (Å²) in [5, 5.41) is 1.76. The van der Waals surface area contributed by atoms with Crippen LogP contribution in [0, 0.1) is 6.92 Å². The predicted molar refractivity (Wildman–Crippen MR) is 164 cm³/mol. The number of thioether (sulfide) groups is 1. The number of rotatable bonds is 10. The summed E-state index contributed by atoms with van der Waals surface area (Å²) in [6, 6.07) is 16.1. The van der Waals surface area contributed by atoms with E-state index in [1.54, 1.807) is 34.4 Å². The molecule has 40 heavy (non-hydrogen) atoms. The molecule has 0 unspecified atom stereocenters. The maximum atomic E-state index is 11.3. The Labute approximate surface area is 254 Å². The van der Waals surface area contributed by atoms with Crippen molar-refractivity contribution in [3.63, 3.8) is 0 Å². The van der Waals surface area contributed by atoms with Gasteiger partial charge in [0.05, 0.1) is 40.8 Å². The zero-order valence-electron chi connectivity index (χ0n) is 21.2. The van der Waals surface area contributed by atoms with Crippen molar-refractivity contribution in [2.24, 2.45) is 0 Å². The normalized spacial score (nSPS) is 14.9. The Balaban J connectivity index is 1.55. The zero-order chi connectivity index (χ0) is 28.7. The van der Waals surface area contributed by atoms with Crippen LogP contribution in [0.25, 0.3) is 26.7 Å². The molecule has 2 aromatic heterocycles. The Morgan fingerprint density at radius 1 is 0.950 bits per heavy atom. The maximum Gasteiger partial charge on any atom is 0.266 e. The molecule has 1 aliphatic heterocycles. The minimum absolute atomic E-state index is 0.172. The van der Waals surface area contributed by atoms with Crippen molar-refractivity contribution in [1.82, 2.24) is 0 Å². The van der Waals surface area contributed by atoms with Crippen molar-refractivity contribution >= 4 is 91.9 Å². The molecule has 1 aliphatic rings. The molecule has 0 amide bonds. The summed E-state index contributed by atoms with van der Waals surface area (Å²) < 4.78 is 72.0. The standard InChI is InChI=1S/C26H25BrN2O6S5/c1-17-24-26(38-25(17)27)37-23(29(24)12-6-14-40(33,34)35)16-22-28(11-5-13-39(30,31)32)20-15-19(9-10-21(20)36-22)18-7-3-2-4-8-18/h2-4,7-10,15-16H,5-6,11-14H2,1H3,(H-,30,31,32,33,34,35)/p-1. The van der Waals surface area contributed by atoms with E-state index in [9.17, 15) is 25.9 Å². The van der Waals surface area contributed by atoms with E-state index < -0.39 is 31.7 Å². The molecular formula is C26H24BrN2O6S5-. The third kappa shape index (κ3) is 6.81. The molecule has 0 saturated carbocycles. The number of anilines is 1. The van der Waals surface area contributed by atoms with Gasteiger partial charge in [-0.3, -0.25) is 0 Å². The molecule has 0 N–H and O–H groups in total. The van der Waals surface area contributed by atoms with Gasteiger partial charge in [0.15, 0.2) is 10.6 Å². The molecule has 0 fully saturated rings.